The van der Waals surface area contributed by atoms with Gasteiger partial charge in [-0.15, -0.1) is 0 Å². The van der Waals surface area contributed by atoms with Gasteiger partial charge in [-0.1, -0.05) is 44.9 Å². The van der Waals surface area contributed by atoms with Gasteiger partial charge in [0.05, 0.1) is 0 Å². The highest BCUT2D eigenvalue weighted by atomic mass is 19.4. The van der Waals surface area contributed by atoms with Crippen molar-refractivity contribution < 1.29 is 32.2 Å². The molecule has 7 heteroatoms. The zero-order chi connectivity index (χ0) is 24.2. The normalized spacial score (nSPS) is 12.4. The molecule has 0 amide bonds. The van der Waals surface area contributed by atoms with Gasteiger partial charge in [0, 0.05) is 17.0 Å². The number of alkyl halides is 3. The number of carboxylic acids is 1. The number of aryl methyl sites for hydroxylation is 2. The predicted octanol–water partition coefficient (Wildman–Crippen LogP) is 7.43. The summed E-state index contributed by atoms with van der Waals surface area (Å²) in [6.07, 6.45) is -0.377. The summed E-state index contributed by atoms with van der Waals surface area (Å²) >= 11 is 0. The molecule has 1 N–H and O–H groups in total. The second kappa shape index (κ2) is 10.1. The van der Waals surface area contributed by atoms with Gasteiger partial charge in [-0.3, -0.25) is 0 Å². The highest BCUT2D eigenvalue weighted by molar-refractivity contribution is 5.98. The molecule has 3 aromatic rings. The van der Waals surface area contributed by atoms with Crippen LogP contribution in [-0.2, 0) is 17.6 Å². The van der Waals surface area contributed by atoms with Crippen LogP contribution in [0, 0.1) is 0 Å². The Balaban J connectivity index is 2.24. The minimum absolute atomic E-state index is 0.224. The summed E-state index contributed by atoms with van der Waals surface area (Å²) in [5.74, 6) is -0.481. The van der Waals surface area contributed by atoms with Gasteiger partial charge in [0.1, 0.15) is 17.1 Å². The first-order chi connectivity index (χ1) is 15.6. The van der Waals surface area contributed by atoms with Crippen molar-refractivity contribution in [1.29, 1.82) is 0 Å². The number of aliphatic carboxylic acids is 1. The molecule has 0 aliphatic carbocycles. The maximum Gasteiger partial charge on any atom is 0.422 e. The third-order valence-corrected chi connectivity index (χ3v) is 5.24. The summed E-state index contributed by atoms with van der Waals surface area (Å²) in [6.45, 7) is 4.27. The third-order valence-electron chi connectivity index (χ3n) is 5.24. The molecule has 33 heavy (non-hydrogen) atoms. The second-order valence-electron chi connectivity index (χ2n) is 8.03. The number of benzene rings is 2. The van der Waals surface area contributed by atoms with Gasteiger partial charge < -0.3 is 14.3 Å². The van der Waals surface area contributed by atoms with E-state index in [0.717, 1.165) is 36.5 Å². The number of allylic oxidation sites excluding steroid dienone is 1. The zero-order valence-electron chi connectivity index (χ0n) is 18.9. The molecule has 0 bridgehead atoms. The molecule has 0 radical (unpaired) electrons. The molecule has 1 heterocycles. The average Bonchev–Trinajstić information content (AvgIpc) is 3.17. The lowest BCUT2D eigenvalue weighted by molar-refractivity contribution is -0.153. The summed E-state index contributed by atoms with van der Waals surface area (Å²) in [7, 11) is 0. The van der Waals surface area contributed by atoms with Gasteiger partial charge in [-0.25, -0.2) is 4.79 Å². The van der Waals surface area contributed by atoms with Crippen molar-refractivity contribution in [3.8, 4) is 16.9 Å². The molecule has 176 valence electrons. The molecule has 0 saturated heterocycles. The van der Waals surface area contributed by atoms with E-state index >= 15 is 0 Å². The SMILES string of the molecule is CCCc1cc(CCC)c(OCC(F)(F)F)c(-c2cccc3oc(C(C)=CC(=O)O)cc23)c1. The summed E-state index contributed by atoms with van der Waals surface area (Å²) in [5, 5.41) is 9.73. The Bertz CT molecular complexity index is 1170. The van der Waals surface area contributed by atoms with E-state index in [0.29, 0.717) is 39.9 Å². The third kappa shape index (κ3) is 5.97. The Morgan fingerprint density at radius 2 is 1.82 bits per heavy atom. The molecular weight excluding hydrogens is 433 g/mol. The van der Waals surface area contributed by atoms with E-state index in [1.807, 2.05) is 32.0 Å². The van der Waals surface area contributed by atoms with Gasteiger partial charge in [-0.2, -0.15) is 13.2 Å². The molecule has 0 fully saturated rings. The summed E-state index contributed by atoms with van der Waals surface area (Å²) < 4.78 is 50.4. The molecule has 0 aliphatic rings. The topological polar surface area (TPSA) is 59.7 Å². The number of hydrogen-bond acceptors (Lipinski definition) is 3. The molecule has 4 nitrogen and oxygen atoms in total. The summed E-state index contributed by atoms with van der Waals surface area (Å²) in [5.41, 5.74) is 3.97. The van der Waals surface area contributed by atoms with Crippen LogP contribution in [0.25, 0.3) is 27.7 Å². The van der Waals surface area contributed by atoms with E-state index in [4.69, 9.17) is 14.3 Å². The van der Waals surface area contributed by atoms with E-state index < -0.39 is 18.8 Å². The molecular formula is C26H27F3O4. The number of rotatable bonds is 9. The lowest BCUT2D eigenvalue weighted by Crippen LogP contribution is -2.20. The van der Waals surface area contributed by atoms with E-state index in [2.05, 4.69) is 0 Å². The lowest BCUT2D eigenvalue weighted by atomic mass is 9.93. The molecule has 0 atom stereocenters. The van der Waals surface area contributed by atoms with Crippen LogP contribution in [0.5, 0.6) is 5.75 Å². The van der Waals surface area contributed by atoms with Crippen molar-refractivity contribution >= 4 is 22.5 Å². The molecule has 3 rings (SSSR count). The largest absolute Gasteiger partial charge is 0.483 e. The number of fused-ring (bicyclic) bond motifs is 1. The van der Waals surface area contributed by atoms with Crippen LogP contribution in [-0.4, -0.2) is 23.9 Å². The number of carbonyl (C=O) groups is 1. The van der Waals surface area contributed by atoms with Crippen LogP contribution in [0.4, 0.5) is 13.2 Å². The van der Waals surface area contributed by atoms with Crippen molar-refractivity contribution in [3.63, 3.8) is 0 Å². The fraction of sp³-hybridized carbons (Fsp3) is 0.346. The fourth-order valence-corrected chi connectivity index (χ4v) is 3.91. The molecule has 0 aliphatic heterocycles. The average molecular weight is 460 g/mol. The van der Waals surface area contributed by atoms with Crippen LogP contribution in [0.2, 0.25) is 0 Å². The van der Waals surface area contributed by atoms with Crippen molar-refractivity contribution in [2.75, 3.05) is 6.61 Å². The Morgan fingerprint density at radius 3 is 2.45 bits per heavy atom. The molecule has 0 saturated carbocycles. The van der Waals surface area contributed by atoms with Crippen molar-refractivity contribution in [2.24, 2.45) is 0 Å². The molecule has 0 unspecified atom stereocenters. The van der Waals surface area contributed by atoms with E-state index in [-0.39, 0.29) is 5.75 Å². The van der Waals surface area contributed by atoms with E-state index in [9.17, 15) is 18.0 Å². The Kier molecular flexibility index (Phi) is 7.51. The Hall–Kier alpha value is -3.22. The number of ether oxygens (including phenoxy) is 1. The summed E-state index contributed by atoms with van der Waals surface area (Å²) in [4.78, 5) is 11.1. The van der Waals surface area contributed by atoms with Crippen LogP contribution in [0.15, 0.2) is 46.9 Å². The quantitative estimate of drug-likeness (QED) is 0.337. The minimum atomic E-state index is -4.46. The first kappa shape index (κ1) is 24.4. The van der Waals surface area contributed by atoms with Gasteiger partial charge in [0.15, 0.2) is 6.61 Å². The monoisotopic (exact) mass is 460 g/mol. The van der Waals surface area contributed by atoms with E-state index in [1.165, 1.54) is 0 Å². The first-order valence-electron chi connectivity index (χ1n) is 10.9. The maximum atomic E-state index is 13.0. The maximum absolute atomic E-state index is 13.0. The summed E-state index contributed by atoms with van der Waals surface area (Å²) in [6, 6.07) is 10.9. The van der Waals surface area contributed by atoms with Gasteiger partial charge in [-0.05, 0) is 60.2 Å². The van der Waals surface area contributed by atoms with Crippen molar-refractivity contribution in [2.45, 2.75) is 52.6 Å². The van der Waals surface area contributed by atoms with Crippen LogP contribution in [0.3, 0.4) is 0 Å². The van der Waals surface area contributed by atoms with E-state index in [1.54, 1.807) is 25.1 Å². The highest BCUT2D eigenvalue weighted by Crippen LogP contribution is 2.41. The van der Waals surface area contributed by atoms with Crippen LogP contribution >= 0.6 is 0 Å². The lowest BCUT2D eigenvalue weighted by Gasteiger charge is -2.19. The number of carboxylic acid groups (broad SMARTS) is 1. The van der Waals surface area contributed by atoms with Crippen LogP contribution in [0.1, 0.15) is 50.5 Å². The Labute approximate surface area is 190 Å². The van der Waals surface area contributed by atoms with Crippen LogP contribution < -0.4 is 4.74 Å². The van der Waals surface area contributed by atoms with Gasteiger partial charge in [0.25, 0.3) is 0 Å². The fourth-order valence-electron chi connectivity index (χ4n) is 3.91. The smallest absolute Gasteiger partial charge is 0.422 e. The minimum Gasteiger partial charge on any atom is -0.483 e. The molecule has 0 spiro atoms. The predicted molar refractivity (Wildman–Crippen MR) is 122 cm³/mol. The number of halogens is 3. The highest BCUT2D eigenvalue weighted by Gasteiger charge is 2.30. The van der Waals surface area contributed by atoms with Crippen molar-refractivity contribution in [1.82, 2.24) is 0 Å². The molecule has 2 aromatic carbocycles. The molecule has 1 aromatic heterocycles. The van der Waals surface area contributed by atoms with Gasteiger partial charge in [0.2, 0.25) is 0 Å². The second-order valence-corrected chi connectivity index (χ2v) is 8.03. The van der Waals surface area contributed by atoms with Gasteiger partial charge >= 0.3 is 12.1 Å². The number of hydrogen-bond donors (Lipinski definition) is 1. The zero-order valence-corrected chi connectivity index (χ0v) is 18.9. The Morgan fingerprint density at radius 1 is 1.09 bits per heavy atom. The van der Waals surface area contributed by atoms with Crippen molar-refractivity contribution in [3.05, 3.63) is 59.4 Å². The number of furan rings is 1. The standard InChI is InChI=1S/C26H27F3O4/c1-4-7-17-12-18(8-5-2)25(32-15-26(27,28)29)21(13-17)19-9-6-10-22-20(19)14-23(33-22)16(3)11-24(30)31/h6,9-14H,4-5,7-8,15H2,1-3H3,(H,30,31). The first-order valence-corrected chi connectivity index (χ1v) is 10.9.